The lowest BCUT2D eigenvalue weighted by molar-refractivity contribution is 0.664. The van der Waals surface area contributed by atoms with Crippen LogP contribution in [0, 0.1) is 0 Å². The molecule has 0 radical (unpaired) electrons. The van der Waals surface area contributed by atoms with Gasteiger partial charge in [-0.1, -0.05) is 30.3 Å². The van der Waals surface area contributed by atoms with Gasteiger partial charge in [-0.15, -0.1) is 0 Å². The first-order valence-electron chi connectivity index (χ1n) is 6.17. The van der Waals surface area contributed by atoms with E-state index in [-0.39, 0.29) is 0 Å². The zero-order valence-electron chi connectivity index (χ0n) is 10.4. The number of nitrogens with zero attached hydrogens (tertiary/aromatic N) is 1. The van der Waals surface area contributed by atoms with Gasteiger partial charge in [-0.3, -0.25) is 0 Å². The summed E-state index contributed by atoms with van der Waals surface area (Å²) in [6.07, 6.45) is 2.13. The molecule has 2 heteroatoms. The van der Waals surface area contributed by atoms with E-state index in [0.717, 1.165) is 5.69 Å². The molecule has 2 aromatic carbocycles. The Hall–Kier alpha value is -2.22. The van der Waals surface area contributed by atoms with E-state index in [9.17, 15) is 0 Å². The SMILES string of the molecule is C[C@H](c1ccccc1)n1ccc2cc(N)ccc21. The monoisotopic (exact) mass is 236 g/mol. The summed E-state index contributed by atoms with van der Waals surface area (Å²) < 4.78 is 2.28. The Labute approximate surface area is 107 Å². The van der Waals surface area contributed by atoms with Crippen molar-refractivity contribution < 1.29 is 0 Å². The van der Waals surface area contributed by atoms with Crippen LogP contribution in [0.5, 0.6) is 0 Å². The average Bonchev–Trinajstić information content (AvgIpc) is 2.81. The minimum atomic E-state index is 0.326. The molecule has 0 saturated carbocycles. The van der Waals surface area contributed by atoms with E-state index in [4.69, 9.17) is 5.73 Å². The number of aromatic nitrogens is 1. The van der Waals surface area contributed by atoms with Crippen molar-refractivity contribution in [2.45, 2.75) is 13.0 Å². The van der Waals surface area contributed by atoms with Crippen LogP contribution in [-0.4, -0.2) is 4.57 Å². The van der Waals surface area contributed by atoms with E-state index in [1.165, 1.54) is 16.5 Å². The van der Waals surface area contributed by atoms with Crippen LogP contribution < -0.4 is 5.73 Å². The Kier molecular flexibility index (Phi) is 2.56. The molecule has 0 fully saturated rings. The minimum absolute atomic E-state index is 0.326. The number of nitrogen functional groups attached to an aromatic ring is 1. The Morgan fingerprint density at radius 3 is 2.56 bits per heavy atom. The molecule has 2 N–H and O–H groups in total. The Morgan fingerprint density at radius 1 is 1.00 bits per heavy atom. The quantitative estimate of drug-likeness (QED) is 0.673. The van der Waals surface area contributed by atoms with Crippen molar-refractivity contribution in [3.8, 4) is 0 Å². The summed E-state index contributed by atoms with van der Waals surface area (Å²) in [4.78, 5) is 0. The van der Waals surface area contributed by atoms with E-state index >= 15 is 0 Å². The van der Waals surface area contributed by atoms with E-state index in [2.05, 4.69) is 54.1 Å². The van der Waals surface area contributed by atoms with Crippen LogP contribution in [0.2, 0.25) is 0 Å². The fourth-order valence-electron chi connectivity index (χ4n) is 2.41. The summed E-state index contributed by atoms with van der Waals surface area (Å²) in [6, 6.07) is 19.0. The van der Waals surface area contributed by atoms with Gasteiger partial charge in [0.2, 0.25) is 0 Å². The van der Waals surface area contributed by atoms with Crippen molar-refractivity contribution >= 4 is 16.6 Å². The molecule has 1 heterocycles. The van der Waals surface area contributed by atoms with Crippen molar-refractivity contribution in [1.82, 2.24) is 4.57 Å². The van der Waals surface area contributed by atoms with Gasteiger partial charge in [-0.2, -0.15) is 0 Å². The summed E-state index contributed by atoms with van der Waals surface area (Å²) in [5, 5.41) is 1.19. The van der Waals surface area contributed by atoms with Gasteiger partial charge in [0.1, 0.15) is 0 Å². The third kappa shape index (κ3) is 1.76. The molecular weight excluding hydrogens is 220 g/mol. The number of anilines is 1. The minimum Gasteiger partial charge on any atom is -0.399 e. The Morgan fingerprint density at radius 2 is 1.78 bits per heavy atom. The molecule has 0 bridgehead atoms. The lowest BCUT2D eigenvalue weighted by Crippen LogP contribution is -2.04. The van der Waals surface area contributed by atoms with Crippen molar-refractivity contribution in [3.63, 3.8) is 0 Å². The molecule has 1 aromatic heterocycles. The number of hydrogen-bond donors (Lipinski definition) is 1. The van der Waals surface area contributed by atoms with Crippen LogP contribution >= 0.6 is 0 Å². The second-order valence-electron chi connectivity index (χ2n) is 4.63. The Balaban J connectivity index is 2.10. The zero-order chi connectivity index (χ0) is 12.5. The molecule has 3 aromatic rings. The van der Waals surface area contributed by atoms with Gasteiger partial charge in [0.05, 0.1) is 6.04 Å². The highest BCUT2D eigenvalue weighted by atomic mass is 15.0. The van der Waals surface area contributed by atoms with Gasteiger partial charge in [-0.25, -0.2) is 0 Å². The van der Waals surface area contributed by atoms with Crippen LogP contribution in [0.3, 0.4) is 0 Å². The smallest absolute Gasteiger partial charge is 0.0557 e. The second-order valence-corrected chi connectivity index (χ2v) is 4.63. The van der Waals surface area contributed by atoms with Crippen LogP contribution in [-0.2, 0) is 0 Å². The number of nitrogens with two attached hydrogens (primary N) is 1. The van der Waals surface area contributed by atoms with Gasteiger partial charge < -0.3 is 10.3 Å². The molecule has 1 atom stereocenters. The van der Waals surface area contributed by atoms with Crippen molar-refractivity contribution in [2.75, 3.05) is 5.73 Å². The van der Waals surface area contributed by atoms with Crippen LogP contribution in [0.25, 0.3) is 10.9 Å². The zero-order valence-corrected chi connectivity index (χ0v) is 10.4. The van der Waals surface area contributed by atoms with E-state index in [0.29, 0.717) is 6.04 Å². The highest BCUT2D eigenvalue weighted by Gasteiger charge is 2.09. The normalized spacial score (nSPS) is 12.7. The number of rotatable bonds is 2. The van der Waals surface area contributed by atoms with Crippen LogP contribution in [0.15, 0.2) is 60.8 Å². The Bertz CT molecular complexity index is 668. The molecule has 0 aliphatic rings. The number of fused-ring (bicyclic) bond motifs is 1. The van der Waals surface area contributed by atoms with Crippen molar-refractivity contribution in [2.24, 2.45) is 0 Å². The molecule has 3 rings (SSSR count). The van der Waals surface area contributed by atoms with Crippen molar-refractivity contribution in [1.29, 1.82) is 0 Å². The summed E-state index contributed by atoms with van der Waals surface area (Å²) in [5.41, 5.74) is 9.16. The van der Waals surface area contributed by atoms with Crippen LogP contribution in [0.1, 0.15) is 18.5 Å². The average molecular weight is 236 g/mol. The first-order chi connectivity index (χ1) is 8.75. The molecule has 0 spiro atoms. The number of benzene rings is 2. The molecule has 0 aliphatic heterocycles. The molecule has 2 nitrogen and oxygen atoms in total. The van der Waals surface area contributed by atoms with Crippen molar-refractivity contribution in [3.05, 3.63) is 66.4 Å². The van der Waals surface area contributed by atoms with E-state index < -0.39 is 0 Å². The summed E-state index contributed by atoms with van der Waals surface area (Å²) >= 11 is 0. The van der Waals surface area contributed by atoms with Gasteiger partial charge in [0, 0.05) is 22.8 Å². The maximum atomic E-state index is 5.81. The highest BCUT2D eigenvalue weighted by Crippen LogP contribution is 2.25. The van der Waals surface area contributed by atoms with Gasteiger partial charge in [0.25, 0.3) is 0 Å². The van der Waals surface area contributed by atoms with Crippen LogP contribution in [0.4, 0.5) is 5.69 Å². The third-order valence-electron chi connectivity index (χ3n) is 3.44. The molecule has 0 amide bonds. The maximum Gasteiger partial charge on any atom is 0.0557 e. The molecular formula is C16H16N2. The molecule has 18 heavy (non-hydrogen) atoms. The van der Waals surface area contributed by atoms with Gasteiger partial charge >= 0.3 is 0 Å². The van der Waals surface area contributed by atoms with Gasteiger partial charge in [-0.05, 0) is 36.8 Å². The standard InChI is InChI=1S/C16H16N2/c1-12(13-5-3-2-4-6-13)18-10-9-14-11-15(17)7-8-16(14)18/h2-12H,17H2,1H3/t12-/m1/s1. The second kappa shape index (κ2) is 4.22. The number of hydrogen-bond acceptors (Lipinski definition) is 1. The predicted octanol–water partition coefficient (Wildman–Crippen LogP) is 3.83. The predicted molar refractivity (Wildman–Crippen MR) is 76.6 cm³/mol. The van der Waals surface area contributed by atoms with E-state index in [1.807, 2.05) is 18.2 Å². The fourth-order valence-corrected chi connectivity index (χ4v) is 2.41. The maximum absolute atomic E-state index is 5.81. The molecule has 0 aliphatic carbocycles. The summed E-state index contributed by atoms with van der Waals surface area (Å²) in [6.45, 7) is 2.21. The first kappa shape index (κ1) is 10.9. The highest BCUT2D eigenvalue weighted by molar-refractivity contribution is 5.83. The summed E-state index contributed by atoms with van der Waals surface area (Å²) in [5.74, 6) is 0. The van der Waals surface area contributed by atoms with E-state index in [1.54, 1.807) is 0 Å². The summed E-state index contributed by atoms with van der Waals surface area (Å²) in [7, 11) is 0. The fraction of sp³-hybridized carbons (Fsp3) is 0.125. The first-order valence-corrected chi connectivity index (χ1v) is 6.17. The molecule has 0 saturated heterocycles. The lowest BCUT2D eigenvalue weighted by Gasteiger charge is -2.15. The molecule has 0 unspecified atom stereocenters. The lowest BCUT2D eigenvalue weighted by atomic mass is 10.1. The molecule has 90 valence electrons. The third-order valence-corrected chi connectivity index (χ3v) is 3.44. The topological polar surface area (TPSA) is 30.9 Å². The van der Waals surface area contributed by atoms with Gasteiger partial charge in [0.15, 0.2) is 0 Å². The largest absolute Gasteiger partial charge is 0.399 e.